The number of likely N-dealkylation sites (tertiary alicyclic amines) is 1. The Kier molecular flexibility index (Phi) is 7.65. The SMILES string of the molecule is CC(C)CCC1(C2CCN(C(=O)c3sccc3Cl)CC2)NC(=O)N(CCN(C)C)C1=O. The topological polar surface area (TPSA) is 73.0 Å². The van der Waals surface area contributed by atoms with Crippen LogP contribution < -0.4 is 5.32 Å². The maximum Gasteiger partial charge on any atom is 0.325 e. The number of hydrogen-bond acceptors (Lipinski definition) is 5. The number of nitrogens with one attached hydrogen (secondary N) is 1. The third-order valence-corrected chi connectivity index (χ3v) is 7.71. The zero-order valence-corrected chi connectivity index (χ0v) is 20.4. The maximum atomic E-state index is 13.5. The first-order valence-corrected chi connectivity index (χ1v) is 12.2. The molecule has 1 atom stereocenters. The number of hydrogen-bond donors (Lipinski definition) is 1. The van der Waals surface area contributed by atoms with Crippen molar-refractivity contribution in [3.05, 3.63) is 21.3 Å². The van der Waals surface area contributed by atoms with Gasteiger partial charge < -0.3 is 15.1 Å². The highest BCUT2D eigenvalue weighted by Gasteiger charge is 2.55. The zero-order chi connectivity index (χ0) is 22.8. The van der Waals surface area contributed by atoms with Crippen LogP contribution in [-0.2, 0) is 4.79 Å². The lowest BCUT2D eigenvalue weighted by atomic mass is 9.74. The highest BCUT2D eigenvalue weighted by Crippen LogP contribution is 2.38. The number of urea groups is 1. The van der Waals surface area contributed by atoms with Crippen molar-refractivity contribution in [1.82, 2.24) is 20.0 Å². The molecule has 3 heterocycles. The van der Waals surface area contributed by atoms with Gasteiger partial charge in [-0.2, -0.15) is 0 Å². The molecule has 0 saturated carbocycles. The first kappa shape index (κ1) is 24.0. The van der Waals surface area contributed by atoms with Gasteiger partial charge in [-0.3, -0.25) is 14.5 Å². The molecule has 4 amide bonds. The van der Waals surface area contributed by atoms with E-state index in [-0.39, 0.29) is 23.8 Å². The minimum absolute atomic E-state index is 0.00918. The second kappa shape index (κ2) is 9.88. The van der Waals surface area contributed by atoms with Crippen molar-refractivity contribution >= 4 is 40.8 Å². The molecule has 1 aromatic heterocycles. The van der Waals surface area contributed by atoms with Crippen LogP contribution in [0.25, 0.3) is 0 Å². The van der Waals surface area contributed by atoms with E-state index in [1.807, 2.05) is 29.3 Å². The molecule has 9 heteroatoms. The second-order valence-electron chi connectivity index (χ2n) is 9.26. The number of likely N-dealkylation sites (N-methyl/N-ethyl adjacent to an activating group) is 1. The number of rotatable bonds is 8. The van der Waals surface area contributed by atoms with E-state index in [1.54, 1.807) is 6.07 Å². The predicted molar refractivity (Wildman–Crippen MR) is 124 cm³/mol. The zero-order valence-electron chi connectivity index (χ0n) is 18.8. The van der Waals surface area contributed by atoms with Crippen LogP contribution >= 0.6 is 22.9 Å². The Labute approximate surface area is 193 Å². The average molecular weight is 469 g/mol. The molecule has 1 aromatic rings. The third kappa shape index (κ3) is 5.07. The van der Waals surface area contributed by atoms with E-state index < -0.39 is 5.54 Å². The van der Waals surface area contributed by atoms with Gasteiger partial charge in [0.05, 0.1) is 5.02 Å². The van der Waals surface area contributed by atoms with E-state index in [4.69, 9.17) is 11.6 Å². The summed E-state index contributed by atoms with van der Waals surface area (Å²) in [5, 5.41) is 5.40. The summed E-state index contributed by atoms with van der Waals surface area (Å²) in [6.45, 7) is 6.39. The molecule has 172 valence electrons. The van der Waals surface area contributed by atoms with Crippen molar-refractivity contribution in [2.45, 2.75) is 45.1 Å². The van der Waals surface area contributed by atoms with E-state index in [0.29, 0.717) is 61.3 Å². The molecule has 0 spiro atoms. The first-order valence-electron chi connectivity index (χ1n) is 11.0. The van der Waals surface area contributed by atoms with Gasteiger partial charge in [-0.25, -0.2) is 4.79 Å². The van der Waals surface area contributed by atoms with Crippen LogP contribution in [-0.4, -0.2) is 78.4 Å². The van der Waals surface area contributed by atoms with E-state index in [1.165, 1.54) is 16.2 Å². The summed E-state index contributed by atoms with van der Waals surface area (Å²) < 4.78 is 0. The molecule has 1 N–H and O–H groups in total. The molecular formula is C22H33ClN4O3S. The lowest BCUT2D eigenvalue weighted by Gasteiger charge is -2.41. The predicted octanol–water partition coefficient (Wildman–Crippen LogP) is 3.54. The van der Waals surface area contributed by atoms with Crippen molar-refractivity contribution in [3.63, 3.8) is 0 Å². The smallest absolute Gasteiger partial charge is 0.325 e. The number of imide groups is 1. The van der Waals surface area contributed by atoms with Crippen LogP contribution in [0.1, 0.15) is 49.2 Å². The Hall–Kier alpha value is -1.64. The Morgan fingerprint density at radius 1 is 1.32 bits per heavy atom. The maximum absolute atomic E-state index is 13.5. The van der Waals surface area contributed by atoms with Crippen molar-refractivity contribution in [3.8, 4) is 0 Å². The molecule has 2 fully saturated rings. The largest absolute Gasteiger partial charge is 0.338 e. The van der Waals surface area contributed by atoms with Gasteiger partial charge >= 0.3 is 6.03 Å². The number of thiophene rings is 1. The Morgan fingerprint density at radius 3 is 2.55 bits per heavy atom. The summed E-state index contributed by atoms with van der Waals surface area (Å²) in [5.74, 6) is 0.283. The highest BCUT2D eigenvalue weighted by molar-refractivity contribution is 7.12. The number of carbonyl (C=O) groups is 3. The molecular weight excluding hydrogens is 436 g/mol. The van der Waals surface area contributed by atoms with Crippen LogP contribution in [0.15, 0.2) is 11.4 Å². The third-order valence-electron chi connectivity index (χ3n) is 6.38. The highest BCUT2D eigenvalue weighted by atomic mass is 35.5. The van der Waals surface area contributed by atoms with Crippen molar-refractivity contribution in [2.75, 3.05) is 40.3 Å². The molecule has 0 aromatic carbocycles. The number of carbonyl (C=O) groups excluding carboxylic acids is 3. The molecule has 0 aliphatic carbocycles. The average Bonchev–Trinajstić information content (AvgIpc) is 3.25. The minimum atomic E-state index is -0.872. The number of piperidine rings is 1. The normalized spacial score (nSPS) is 22.7. The number of nitrogens with zero attached hydrogens (tertiary/aromatic N) is 3. The standard InChI is InChI=1S/C22H33ClN4O3S/c1-15(2)5-9-22(20(29)27(21(30)24-22)13-12-25(3)4)16-6-10-26(11-7-16)19(28)18-17(23)8-14-31-18/h8,14-16H,5-7,9-13H2,1-4H3,(H,24,30). The summed E-state index contributed by atoms with van der Waals surface area (Å²) in [7, 11) is 3.86. The van der Waals surface area contributed by atoms with Gasteiger partial charge in [0.15, 0.2) is 0 Å². The van der Waals surface area contributed by atoms with E-state index >= 15 is 0 Å². The fourth-order valence-electron chi connectivity index (χ4n) is 4.48. The van der Waals surface area contributed by atoms with Gasteiger partial charge in [0.1, 0.15) is 10.4 Å². The molecule has 2 saturated heterocycles. The lowest BCUT2D eigenvalue weighted by Crippen LogP contribution is -2.56. The summed E-state index contributed by atoms with van der Waals surface area (Å²) in [6.07, 6.45) is 2.85. The molecule has 3 rings (SSSR count). The molecule has 7 nitrogen and oxygen atoms in total. The fraction of sp³-hybridized carbons (Fsp3) is 0.682. The van der Waals surface area contributed by atoms with Gasteiger partial charge in [-0.15, -0.1) is 11.3 Å². The van der Waals surface area contributed by atoms with Gasteiger partial charge in [0, 0.05) is 26.2 Å². The van der Waals surface area contributed by atoms with Crippen LogP contribution in [0.4, 0.5) is 4.79 Å². The minimum Gasteiger partial charge on any atom is -0.338 e. The Bertz CT molecular complexity index is 819. The van der Waals surface area contributed by atoms with E-state index in [9.17, 15) is 14.4 Å². The monoisotopic (exact) mass is 468 g/mol. The molecule has 0 radical (unpaired) electrons. The second-order valence-corrected chi connectivity index (χ2v) is 10.6. The summed E-state index contributed by atoms with van der Waals surface area (Å²) in [6, 6.07) is 1.45. The fourth-order valence-corrected chi connectivity index (χ4v) is 5.58. The van der Waals surface area contributed by atoms with Crippen LogP contribution in [0.5, 0.6) is 0 Å². The molecule has 1 unspecified atom stereocenters. The number of halogens is 1. The Balaban J connectivity index is 1.74. The first-order chi connectivity index (χ1) is 14.7. The van der Waals surface area contributed by atoms with Crippen molar-refractivity contribution in [2.24, 2.45) is 11.8 Å². The molecule has 2 aliphatic rings. The molecule has 31 heavy (non-hydrogen) atoms. The lowest BCUT2D eigenvalue weighted by molar-refractivity contribution is -0.134. The van der Waals surface area contributed by atoms with Crippen molar-refractivity contribution in [1.29, 1.82) is 0 Å². The Morgan fingerprint density at radius 2 is 2.00 bits per heavy atom. The van der Waals surface area contributed by atoms with Crippen LogP contribution in [0.3, 0.4) is 0 Å². The van der Waals surface area contributed by atoms with Gasteiger partial charge in [-0.1, -0.05) is 25.4 Å². The summed E-state index contributed by atoms with van der Waals surface area (Å²) >= 11 is 7.50. The van der Waals surface area contributed by atoms with Crippen LogP contribution in [0, 0.1) is 11.8 Å². The van der Waals surface area contributed by atoms with E-state index in [2.05, 4.69) is 19.2 Å². The van der Waals surface area contributed by atoms with Gasteiger partial charge in [-0.05, 0) is 63.1 Å². The summed E-state index contributed by atoms with van der Waals surface area (Å²) in [4.78, 5) is 44.8. The number of amides is 4. The van der Waals surface area contributed by atoms with Gasteiger partial charge in [0.2, 0.25) is 0 Å². The van der Waals surface area contributed by atoms with E-state index in [0.717, 1.165) is 6.42 Å². The van der Waals surface area contributed by atoms with Gasteiger partial charge in [0.25, 0.3) is 11.8 Å². The quantitative estimate of drug-likeness (QED) is 0.592. The molecule has 2 aliphatic heterocycles. The van der Waals surface area contributed by atoms with Crippen molar-refractivity contribution < 1.29 is 14.4 Å². The van der Waals surface area contributed by atoms with Crippen LogP contribution in [0.2, 0.25) is 5.02 Å². The molecule has 0 bridgehead atoms. The summed E-state index contributed by atoms with van der Waals surface area (Å²) in [5.41, 5.74) is -0.872.